The number of para-hydroxylation sites is 1. The van der Waals surface area contributed by atoms with Gasteiger partial charge in [-0.3, -0.25) is 4.79 Å². The van der Waals surface area contributed by atoms with Gasteiger partial charge in [0.1, 0.15) is 0 Å². The van der Waals surface area contributed by atoms with E-state index >= 15 is 0 Å². The van der Waals surface area contributed by atoms with Crippen molar-refractivity contribution in [2.45, 2.75) is 10.7 Å². The first-order chi connectivity index (χ1) is 9.58. The second kappa shape index (κ2) is 6.33. The standard InChI is InChI=1S/C13H11F2N3OS/c14-13(15)20-10-6-2-1-5-9(10)18-12(19)11-8(16)4-3-7-17-11/h1-7,13H,16H2,(H,18,19). The molecule has 1 amide bonds. The largest absolute Gasteiger partial charge is 0.397 e. The number of halogens is 2. The maximum atomic E-state index is 12.4. The van der Waals surface area contributed by atoms with Crippen LogP contribution in [0.25, 0.3) is 0 Å². The maximum Gasteiger partial charge on any atom is 0.288 e. The van der Waals surface area contributed by atoms with Gasteiger partial charge >= 0.3 is 0 Å². The lowest BCUT2D eigenvalue weighted by Gasteiger charge is -2.10. The van der Waals surface area contributed by atoms with Gasteiger partial charge in [-0.1, -0.05) is 23.9 Å². The fourth-order valence-corrected chi connectivity index (χ4v) is 2.15. The molecule has 4 nitrogen and oxygen atoms in total. The first-order valence-electron chi connectivity index (χ1n) is 5.63. The number of nitrogens with zero attached hydrogens (tertiary/aromatic N) is 1. The maximum absolute atomic E-state index is 12.4. The van der Waals surface area contributed by atoms with Gasteiger partial charge in [-0.15, -0.1) is 0 Å². The third-order valence-electron chi connectivity index (χ3n) is 2.41. The molecule has 0 saturated carbocycles. The quantitative estimate of drug-likeness (QED) is 0.850. The average molecular weight is 295 g/mol. The molecule has 0 unspecified atom stereocenters. The number of anilines is 2. The van der Waals surface area contributed by atoms with Crippen molar-refractivity contribution in [1.82, 2.24) is 4.98 Å². The molecule has 0 bridgehead atoms. The summed E-state index contributed by atoms with van der Waals surface area (Å²) in [4.78, 5) is 16.2. The van der Waals surface area contributed by atoms with E-state index in [2.05, 4.69) is 10.3 Å². The summed E-state index contributed by atoms with van der Waals surface area (Å²) in [6.07, 6.45) is 1.44. The number of nitrogens with two attached hydrogens (primary N) is 1. The third kappa shape index (κ3) is 3.45. The molecule has 1 heterocycles. The van der Waals surface area contributed by atoms with E-state index in [4.69, 9.17) is 5.73 Å². The van der Waals surface area contributed by atoms with Crippen molar-refractivity contribution in [3.8, 4) is 0 Å². The SMILES string of the molecule is Nc1cccnc1C(=O)Nc1ccccc1SC(F)F. The Kier molecular flexibility index (Phi) is 4.52. The lowest BCUT2D eigenvalue weighted by Crippen LogP contribution is -2.16. The van der Waals surface area contributed by atoms with Crippen LogP contribution in [0.1, 0.15) is 10.5 Å². The van der Waals surface area contributed by atoms with Crippen molar-refractivity contribution in [3.05, 3.63) is 48.3 Å². The number of nitrogens with one attached hydrogen (secondary N) is 1. The van der Waals surface area contributed by atoms with Crippen LogP contribution in [0.5, 0.6) is 0 Å². The number of amides is 1. The Morgan fingerprint density at radius 1 is 1.25 bits per heavy atom. The van der Waals surface area contributed by atoms with Gasteiger partial charge in [-0.25, -0.2) is 4.98 Å². The monoisotopic (exact) mass is 295 g/mol. The zero-order valence-electron chi connectivity index (χ0n) is 10.2. The van der Waals surface area contributed by atoms with E-state index in [0.29, 0.717) is 17.4 Å². The molecule has 0 aliphatic carbocycles. The molecule has 2 rings (SSSR count). The molecule has 104 valence electrons. The number of carbonyl (C=O) groups is 1. The van der Waals surface area contributed by atoms with E-state index in [1.54, 1.807) is 30.3 Å². The minimum absolute atomic E-state index is 0.0596. The van der Waals surface area contributed by atoms with Crippen molar-refractivity contribution in [1.29, 1.82) is 0 Å². The summed E-state index contributed by atoms with van der Waals surface area (Å²) in [5.74, 6) is -3.10. The number of nitrogen functional groups attached to an aromatic ring is 1. The Bertz CT molecular complexity index is 622. The molecular weight excluding hydrogens is 284 g/mol. The van der Waals surface area contributed by atoms with Crippen molar-refractivity contribution in [2.75, 3.05) is 11.1 Å². The molecule has 0 aliphatic rings. The summed E-state index contributed by atoms with van der Waals surface area (Å²) in [6.45, 7) is 0. The second-order valence-electron chi connectivity index (χ2n) is 3.77. The predicted molar refractivity (Wildman–Crippen MR) is 74.9 cm³/mol. The van der Waals surface area contributed by atoms with E-state index in [9.17, 15) is 13.6 Å². The van der Waals surface area contributed by atoms with E-state index in [1.807, 2.05) is 0 Å². The number of carbonyl (C=O) groups excluding carboxylic acids is 1. The minimum atomic E-state index is -2.56. The van der Waals surface area contributed by atoms with Gasteiger partial charge in [0.2, 0.25) is 0 Å². The summed E-state index contributed by atoms with van der Waals surface area (Å²) in [5.41, 5.74) is 6.23. The number of aromatic nitrogens is 1. The summed E-state index contributed by atoms with van der Waals surface area (Å²) in [7, 11) is 0. The fraction of sp³-hybridized carbons (Fsp3) is 0.0769. The lowest BCUT2D eigenvalue weighted by molar-refractivity contribution is 0.102. The number of thioether (sulfide) groups is 1. The van der Waals surface area contributed by atoms with Crippen molar-refractivity contribution >= 4 is 29.0 Å². The molecule has 0 fully saturated rings. The molecule has 0 aliphatic heterocycles. The van der Waals surface area contributed by atoms with Gasteiger partial charge in [-0.2, -0.15) is 8.78 Å². The highest BCUT2D eigenvalue weighted by molar-refractivity contribution is 7.99. The highest BCUT2D eigenvalue weighted by Gasteiger charge is 2.15. The molecular formula is C13H11F2N3OS. The van der Waals surface area contributed by atoms with Crippen LogP contribution >= 0.6 is 11.8 Å². The fourth-order valence-electron chi connectivity index (χ4n) is 1.56. The van der Waals surface area contributed by atoms with Gasteiger partial charge in [0, 0.05) is 11.1 Å². The van der Waals surface area contributed by atoms with Gasteiger partial charge in [0.15, 0.2) is 5.69 Å². The van der Waals surface area contributed by atoms with Crippen LogP contribution < -0.4 is 11.1 Å². The summed E-state index contributed by atoms with van der Waals surface area (Å²) >= 11 is 0.367. The molecule has 2 aromatic rings. The average Bonchev–Trinajstić information content (AvgIpc) is 2.41. The molecule has 1 aromatic carbocycles. The number of rotatable bonds is 4. The zero-order chi connectivity index (χ0) is 14.5. The van der Waals surface area contributed by atoms with Crippen LogP contribution in [0.2, 0.25) is 0 Å². The molecule has 7 heteroatoms. The van der Waals surface area contributed by atoms with E-state index in [1.165, 1.54) is 12.3 Å². The van der Waals surface area contributed by atoms with Gasteiger partial charge in [0.05, 0.1) is 11.4 Å². The molecule has 20 heavy (non-hydrogen) atoms. The first-order valence-corrected chi connectivity index (χ1v) is 6.51. The van der Waals surface area contributed by atoms with Gasteiger partial charge in [0.25, 0.3) is 11.7 Å². The zero-order valence-corrected chi connectivity index (χ0v) is 11.0. The van der Waals surface area contributed by atoms with Crippen molar-refractivity contribution < 1.29 is 13.6 Å². The molecule has 0 radical (unpaired) electrons. The van der Waals surface area contributed by atoms with Crippen LogP contribution in [0.4, 0.5) is 20.2 Å². The predicted octanol–water partition coefficient (Wildman–Crippen LogP) is 3.23. The number of benzene rings is 1. The van der Waals surface area contributed by atoms with E-state index < -0.39 is 11.7 Å². The topological polar surface area (TPSA) is 68.0 Å². The van der Waals surface area contributed by atoms with Crippen LogP contribution in [-0.2, 0) is 0 Å². The van der Waals surface area contributed by atoms with Gasteiger partial charge < -0.3 is 11.1 Å². The Morgan fingerprint density at radius 2 is 2.00 bits per heavy atom. The normalized spacial score (nSPS) is 10.6. The Balaban J connectivity index is 2.22. The van der Waals surface area contributed by atoms with Crippen LogP contribution in [0, 0.1) is 0 Å². The number of hydrogen-bond acceptors (Lipinski definition) is 4. The van der Waals surface area contributed by atoms with Crippen LogP contribution in [-0.4, -0.2) is 16.6 Å². The third-order valence-corrected chi connectivity index (χ3v) is 3.19. The molecule has 3 N–H and O–H groups in total. The van der Waals surface area contributed by atoms with Crippen molar-refractivity contribution in [2.24, 2.45) is 0 Å². The number of alkyl halides is 2. The molecule has 0 saturated heterocycles. The van der Waals surface area contributed by atoms with E-state index in [0.717, 1.165) is 0 Å². The molecule has 0 spiro atoms. The summed E-state index contributed by atoms with van der Waals surface area (Å²) in [5, 5.41) is 2.54. The smallest absolute Gasteiger partial charge is 0.288 e. The summed E-state index contributed by atoms with van der Waals surface area (Å²) in [6, 6.07) is 9.47. The second-order valence-corrected chi connectivity index (χ2v) is 4.80. The highest BCUT2D eigenvalue weighted by Crippen LogP contribution is 2.31. The van der Waals surface area contributed by atoms with Crippen LogP contribution in [0.3, 0.4) is 0 Å². The number of pyridine rings is 1. The molecule has 0 atom stereocenters. The summed E-state index contributed by atoms with van der Waals surface area (Å²) < 4.78 is 24.9. The van der Waals surface area contributed by atoms with Crippen molar-refractivity contribution in [3.63, 3.8) is 0 Å². The first kappa shape index (κ1) is 14.3. The van der Waals surface area contributed by atoms with E-state index in [-0.39, 0.29) is 16.3 Å². The number of hydrogen-bond donors (Lipinski definition) is 2. The Morgan fingerprint density at radius 3 is 2.70 bits per heavy atom. The Hall–Kier alpha value is -2.15. The Labute approximate surface area is 118 Å². The highest BCUT2D eigenvalue weighted by atomic mass is 32.2. The molecule has 1 aromatic heterocycles. The van der Waals surface area contributed by atoms with Crippen LogP contribution in [0.15, 0.2) is 47.5 Å². The minimum Gasteiger partial charge on any atom is -0.397 e. The lowest BCUT2D eigenvalue weighted by atomic mass is 10.2. The van der Waals surface area contributed by atoms with Gasteiger partial charge in [-0.05, 0) is 24.3 Å².